The summed E-state index contributed by atoms with van der Waals surface area (Å²) >= 11 is 0. The highest BCUT2D eigenvalue weighted by atomic mass is 16.5. The van der Waals surface area contributed by atoms with E-state index < -0.39 is 11.5 Å². The quantitative estimate of drug-likeness (QED) is 0.371. The fourth-order valence-electron chi connectivity index (χ4n) is 4.61. The molecule has 0 radical (unpaired) electrons. The predicted octanol–water partition coefficient (Wildman–Crippen LogP) is 6.31. The van der Waals surface area contributed by atoms with Gasteiger partial charge in [-0.05, 0) is 51.5 Å². The fourth-order valence-corrected chi connectivity index (χ4v) is 4.61. The van der Waals surface area contributed by atoms with Crippen LogP contribution in [0.15, 0.2) is 23.3 Å². The molecule has 0 aromatic carbocycles. The first-order valence-electron chi connectivity index (χ1n) is 11.6. The summed E-state index contributed by atoms with van der Waals surface area (Å²) in [5, 5.41) is 0. The molecule has 1 aliphatic heterocycles. The summed E-state index contributed by atoms with van der Waals surface area (Å²) in [6.45, 7) is 13.9. The molecule has 0 saturated heterocycles. The van der Waals surface area contributed by atoms with Gasteiger partial charge in [0.1, 0.15) is 11.9 Å². The average Bonchev–Trinajstić information content (AvgIpc) is 2.73. The van der Waals surface area contributed by atoms with E-state index in [0.29, 0.717) is 6.42 Å². The van der Waals surface area contributed by atoms with Crippen LogP contribution in [0.5, 0.6) is 0 Å². The third-order valence-corrected chi connectivity index (χ3v) is 6.96. The monoisotopic (exact) mass is 452 g/mol. The fraction of sp³-hybridized carbons (Fsp3) is 0.778. The average molecular weight is 453 g/mol. The Morgan fingerprint density at radius 3 is 2.34 bits per heavy atom. The van der Waals surface area contributed by atoms with E-state index in [0.717, 1.165) is 24.8 Å². The van der Waals surface area contributed by atoms with Gasteiger partial charge >= 0.3 is 5.97 Å². The Morgan fingerprint density at radius 2 is 1.81 bits per heavy atom. The molecule has 32 heavy (non-hydrogen) atoms. The molecule has 0 bridgehead atoms. The van der Waals surface area contributed by atoms with Gasteiger partial charge in [-0.3, -0.25) is 9.59 Å². The molecule has 0 aliphatic carbocycles. The second-order valence-electron chi connectivity index (χ2n) is 9.67. The zero-order valence-electron chi connectivity index (χ0n) is 21.1. The molecule has 0 amide bonds. The molecule has 0 aromatic heterocycles. The zero-order valence-corrected chi connectivity index (χ0v) is 21.1. The van der Waals surface area contributed by atoms with Gasteiger partial charge < -0.3 is 14.2 Å². The van der Waals surface area contributed by atoms with Crippen molar-refractivity contribution in [2.75, 3.05) is 14.2 Å². The van der Waals surface area contributed by atoms with E-state index in [1.54, 1.807) is 14.2 Å². The second-order valence-corrected chi connectivity index (χ2v) is 9.67. The van der Waals surface area contributed by atoms with Crippen molar-refractivity contribution in [3.8, 4) is 0 Å². The van der Waals surface area contributed by atoms with E-state index in [1.807, 2.05) is 40.7 Å². The number of esters is 1. The first-order valence-corrected chi connectivity index (χ1v) is 11.6. The van der Waals surface area contributed by atoms with Crippen LogP contribution in [0.2, 0.25) is 0 Å². The van der Waals surface area contributed by atoms with Gasteiger partial charge in [0.25, 0.3) is 0 Å². The van der Waals surface area contributed by atoms with Crippen LogP contribution in [0.1, 0.15) is 88.0 Å². The van der Waals surface area contributed by atoms with Crippen LogP contribution in [0.25, 0.3) is 0 Å². The first-order chi connectivity index (χ1) is 14.5. The molecule has 5 atom stereocenters. The number of ketones is 1. The topological polar surface area (TPSA) is 61.8 Å². The second kappa shape index (κ2) is 13.9. The van der Waals surface area contributed by atoms with E-state index in [4.69, 9.17) is 14.2 Å². The Balaban J connectivity index is 0.00000961. The number of Topliss-reactive ketones (excluding diaryl/α,β-unsaturated/α-hetero) is 1. The van der Waals surface area contributed by atoms with Crippen molar-refractivity contribution in [1.82, 2.24) is 0 Å². The number of rotatable bonds is 3. The number of carbonyl (C=O) groups is 2. The standard InChI is InChI=1S/C26H44O5.CH4/c1-10-18(3)21-15-14-17(2)12-11-13-19(4)24(30-9)20(5)25(28)26(6,7)22(29-8)16-23(27)31-21;/h10,14,19-22,24H,11-13,15-16H2,1-9H3;1H4/b17-14?,18-10+;. The van der Waals surface area contributed by atoms with Crippen LogP contribution in [0.3, 0.4) is 0 Å². The van der Waals surface area contributed by atoms with Gasteiger partial charge in [0.05, 0.1) is 24.0 Å². The molecule has 186 valence electrons. The summed E-state index contributed by atoms with van der Waals surface area (Å²) in [6.07, 6.45) is 6.81. The molecule has 5 nitrogen and oxygen atoms in total. The van der Waals surface area contributed by atoms with Gasteiger partial charge in [-0.25, -0.2) is 0 Å². The van der Waals surface area contributed by atoms with Gasteiger partial charge in [0, 0.05) is 26.6 Å². The van der Waals surface area contributed by atoms with Crippen molar-refractivity contribution >= 4 is 11.8 Å². The van der Waals surface area contributed by atoms with Crippen LogP contribution < -0.4 is 0 Å². The predicted molar refractivity (Wildman–Crippen MR) is 132 cm³/mol. The smallest absolute Gasteiger partial charge is 0.309 e. The minimum Gasteiger partial charge on any atom is -0.457 e. The van der Waals surface area contributed by atoms with Crippen molar-refractivity contribution in [3.63, 3.8) is 0 Å². The summed E-state index contributed by atoms with van der Waals surface area (Å²) in [7, 11) is 3.23. The number of methoxy groups -OCH3 is 2. The highest BCUT2D eigenvalue weighted by molar-refractivity contribution is 5.88. The van der Waals surface area contributed by atoms with Gasteiger partial charge in [-0.15, -0.1) is 0 Å². The lowest BCUT2D eigenvalue weighted by Gasteiger charge is -2.37. The zero-order chi connectivity index (χ0) is 23.8. The maximum atomic E-state index is 13.5. The molecule has 0 saturated carbocycles. The third-order valence-electron chi connectivity index (χ3n) is 6.96. The normalized spacial score (nSPS) is 31.3. The van der Waals surface area contributed by atoms with Crippen LogP contribution >= 0.6 is 0 Å². The highest BCUT2D eigenvalue weighted by Crippen LogP contribution is 2.34. The Kier molecular flexibility index (Phi) is 13.3. The summed E-state index contributed by atoms with van der Waals surface area (Å²) in [6, 6.07) is 0. The molecule has 1 aliphatic rings. The number of ether oxygens (including phenoxy) is 3. The Bertz CT molecular complexity index is 661. The molecule has 5 heteroatoms. The van der Waals surface area contributed by atoms with Crippen molar-refractivity contribution in [2.24, 2.45) is 17.3 Å². The van der Waals surface area contributed by atoms with Crippen LogP contribution in [-0.4, -0.2) is 44.3 Å². The maximum Gasteiger partial charge on any atom is 0.309 e. The first kappa shape index (κ1) is 30.5. The lowest BCUT2D eigenvalue weighted by molar-refractivity contribution is -0.156. The van der Waals surface area contributed by atoms with Gasteiger partial charge in [0.15, 0.2) is 0 Å². The van der Waals surface area contributed by atoms with E-state index in [-0.39, 0.29) is 49.6 Å². The van der Waals surface area contributed by atoms with Crippen LogP contribution in [0.4, 0.5) is 0 Å². The summed E-state index contributed by atoms with van der Waals surface area (Å²) in [4.78, 5) is 26.3. The summed E-state index contributed by atoms with van der Waals surface area (Å²) in [5.74, 6) is -0.341. The van der Waals surface area contributed by atoms with E-state index in [9.17, 15) is 9.59 Å². The molecule has 0 aromatic rings. The molecule has 0 fully saturated rings. The van der Waals surface area contributed by atoms with Crippen molar-refractivity contribution in [2.45, 2.75) is 106 Å². The lowest BCUT2D eigenvalue weighted by atomic mass is 9.72. The Hall–Kier alpha value is -1.46. The minimum absolute atomic E-state index is 0. The SMILES string of the molecule is C.C/C=C(\C)C1CC=C(C)CCCC(C)C(OC)C(C)C(=O)C(C)(C)C(OC)CC(=O)O1. The molecule has 0 N–H and O–H groups in total. The van der Waals surface area contributed by atoms with Crippen molar-refractivity contribution in [1.29, 1.82) is 0 Å². The number of carbonyl (C=O) groups excluding carboxylic acids is 2. The largest absolute Gasteiger partial charge is 0.457 e. The van der Waals surface area contributed by atoms with Gasteiger partial charge in [-0.1, -0.05) is 52.8 Å². The highest BCUT2D eigenvalue weighted by Gasteiger charge is 2.43. The Morgan fingerprint density at radius 1 is 1.19 bits per heavy atom. The third kappa shape index (κ3) is 8.15. The number of allylic oxidation sites excluding steroid dienone is 2. The number of cyclic esters (lactones) is 1. The van der Waals surface area contributed by atoms with E-state index >= 15 is 0 Å². The van der Waals surface area contributed by atoms with Crippen molar-refractivity contribution < 1.29 is 23.8 Å². The number of hydrogen-bond acceptors (Lipinski definition) is 5. The molecular weight excluding hydrogens is 404 g/mol. The molecule has 1 heterocycles. The van der Waals surface area contributed by atoms with Gasteiger partial charge in [-0.2, -0.15) is 0 Å². The molecule has 0 spiro atoms. The lowest BCUT2D eigenvalue weighted by Crippen LogP contribution is -2.47. The van der Waals surface area contributed by atoms with Crippen molar-refractivity contribution in [3.05, 3.63) is 23.3 Å². The summed E-state index contributed by atoms with van der Waals surface area (Å²) in [5.41, 5.74) is 1.47. The molecule has 1 rings (SSSR count). The number of hydrogen-bond donors (Lipinski definition) is 0. The van der Waals surface area contributed by atoms with Crippen LogP contribution in [0, 0.1) is 17.3 Å². The van der Waals surface area contributed by atoms with E-state index in [2.05, 4.69) is 19.9 Å². The van der Waals surface area contributed by atoms with E-state index in [1.165, 1.54) is 5.57 Å². The van der Waals surface area contributed by atoms with Gasteiger partial charge in [0.2, 0.25) is 0 Å². The molecule has 5 unspecified atom stereocenters. The Labute approximate surface area is 197 Å². The summed E-state index contributed by atoms with van der Waals surface area (Å²) < 4.78 is 17.3. The molecular formula is C27H48O5. The minimum atomic E-state index is -0.845. The maximum absolute atomic E-state index is 13.5. The van der Waals surface area contributed by atoms with Crippen LogP contribution in [-0.2, 0) is 23.8 Å².